The van der Waals surface area contributed by atoms with Crippen molar-refractivity contribution < 1.29 is 8.42 Å². The molecule has 7 nitrogen and oxygen atoms in total. The highest BCUT2D eigenvalue weighted by Crippen LogP contribution is 2.28. The lowest BCUT2D eigenvalue weighted by atomic mass is 10.1. The number of rotatable bonds is 4. The molecule has 1 atom stereocenters. The van der Waals surface area contributed by atoms with Gasteiger partial charge in [0, 0.05) is 11.7 Å². The maximum atomic E-state index is 12.3. The zero-order valence-corrected chi connectivity index (χ0v) is 13.9. The first kappa shape index (κ1) is 16.0. The molecule has 0 unspecified atom stereocenters. The van der Waals surface area contributed by atoms with Crippen LogP contribution >= 0.6 is 11.8 Å². The molecule has 0 spiro atoms. The third kappa shape index (κ3) is 3.73. The number of hydrogen-bond acceptors (Lipinski definition) is 7. The first-order valence-corrected chi connectivity index (χ1v) is 9.79. The Labute approximate surface area is 137 Å². The van der Waals surface area contributed by atoms with Crippen LogP contribution in [0.4, 0.5) is 0 Å². The van der Waals surface area contributed by atoms with Gasteiger partial charge in [-0.05, 0) is 12.0 Å². The van der Waals surface area contributed by atoms with Crippen LogP contribution in [-0.2, 0) is 16.3 Å². The monoisotopic (exact) mass is 352 g/mol. The van der Waals surface area contributed by atoms with Crippen LogP contribution in [0.1, 0.15) is 17.7 Å². The summed E-state index contributed by atoms with van der Waals surface area (Å²) in [4.78, 5) is 12.3. The summed E-state index contributed by atoms with van der Waals surface area (Å²) in [5, 5.41) is 8.09. The zero-order valence-electron chi connectivity index (χ0n) is 12.3. The SMILES string of the molecule is Nn1c(S[C@H]2CCS(=O)(=O)C2)nnc(Cc2ccccc2)c1=O. The number of nitrogens with zero attached hydrogens (tertiary/aromatic N) is 3. The molecule has 1 aromatic carbocycles. The molecule has 0 amide bonds. The van der Waals surface area contributed by atoms with E-state index in [-0.39, 0.29) is 27.6 Å². The summed E-state index contributed by atoms with van der Waals surface area (Å²) >= 11 is 1.19. The number of thioether (sulfide) groups is 1. The predicted molar refractivity (Wildman–Crippen MR) is 88.6 cm³/mol. The van der Waals surface area contributed by atoms with Crippen LogP contribution in [0.3, 0.4) is 0 Å². The Morgan fingerprint density at radius 2 is 2.00 bits per heavy atom. The number of benzene rings is 1. The summed E-state index contributed by atoms with van der Waals surface area (Å²) < 4.78 is 23.9. The minimum atomic E-state index is -2.98. The molecule has 9 heteroatoms. The van der Waals surface area contributed by atoms with Gasteiger partial charge in [0.15, 0.2) is 9.84 Å². The second-order valence-electron chi connectivity index (χ2n) is 5.41. The maximum absolute atomic E-state index is 12.3. The average Bonchev–Trinajstić information content (AvgIpc) is 2.87. The summed E-state index contributed by atoms with van der Waals surface area (Å²) in [6.07, 6.45) is 0.890. The van der Waals surface area contributed by atoms with Gasteiger partial charge in [-0.15, -0.1) is 10.2 Å². The molecule has 2 aromatic rings. The van der Waals surface area contributed by atoms with Crippen molar-refractivity contribution >= 4 is 21.6 Å². The van der Waals surface area contributed by atoms with Crippen molar-refractivity contribution in [3.05, 3.63) is 51.9 Å². The number of nitrogens with two attached hydrogens (primary N) is 1. The van der Waals surface area contributed by atoms with Gasteiger partial charge in [-0.2, -0.15) is 4.68 Å². The number of sulfone groups is 1. The lowest BCUT2D eigenvalue weighted by Gasteiger charge is -2.10. The van der Waals surface area contributed by atoms with E-state index in [4.69, 9.17) is 5.84 Å². The third-order valence-electron chi connectivity index (χ3n) is 3.61. The van der Waals surface area contributed by atoms with E-state index in [2.05, 4.69) is 10.2 Å². The second kappa shape index (κ2) is 6.32. The normalized spacial score (nSPS) is 19.7. The summed E-state index contributed by atoms with van der Waals surface area (Å²) in [7, 11) is -2.98. The molecule has 1 saturated heterocycles. The Bertz CT molecular complexity index is 865. The molecule has 0 bridgehead atoms. The van der Waals surface area contributed by atoms with Gasteiger partial charge in [-0.1, -0.05) is 42.1 Å². The summed E-state index contributed by atoms with van der Waals surface area (Å²) in [5.74, 6) is 6.06. The van der Waals surface area contributed by atoms with Crippen molar-refractivity contribution in [2.75, 3.05) is 17.3 Å². The topological polar surface area (TPSA) is 108 Å². The van der Waals surface area contributed by atoms with E-state index in [1.807, 2.05) is 30.3 Å². The van der Waals surface area contributed by atoms with Gasteiger partial charge in [0.1, 0.15) is 5.69 Å². The third-order valence-corrected chi connectivity index (χ3v) is 6.81. The Kier molecular flexibility index (Phi) is 4.40. The van der Waals surface area contributed by atoms with E-state index >= 15 is 0 Å². The first-order chi connectivity index (χ1) is 10.9. The molecule has 3 rings (SSSR count). The number of hydrogen-bond donors (Lipinski definition) is 1. The van der Waals surface area contributed by atoms with E-state index in [0.29, 0.717) is 12.8 Å². The van der Waals surface area contributed by atoms with E-state index in [1.165, 1.54) is 11.8 Å². The summed E-state index contributed by atoms with van der Waals surface area (Å²) in [6, 6.07) is 9.46. The van der Waals surface area contributed by atoms with Crippen molar-refractivity contribution in [1.29, 1.82) is 0 Å². The fourth-order valence-corrected chi connectivity index (χ4v) is 5.81. The Hall–Kier alpha value is -1.87. The van der Waals surface area contributed by atoms with Gasteiger partial charge in [-0.3, -0.25) is 4.79 Å². The van der Waals surface area contributed by atoms with Crippen molar-refractivity contribution in [1.82, 2.24) is 14.9 Å². The van der Waals surface area contributed by atoms with E-state index < -0.39 is 15.4 Å². The van der Waals surface area contributed by atoms with Crippen LogP contribution in [-0.4, -0.2) is 40.0 Å². The van der Waals surface area contributed by atoms with E-state index in [1.54, 1.807) is 0 Å². The van der Waals surface area contributed by atoms with E-state index in [9.17, 15) is 13.2 Å². The van der Waals surface area contributed by atoms with Gasteiger partial charge in [0.05, 0.1) is 11.5 Å². The smallest absolute Gasteiger partial charge is 0.294 e. The average molecular weight is 352 g/mol. The lowest BCUT2D eigenvalue weighted by molar-refractivity contribution is 0.602. The molecule has 0 aliphatic carbocycles. The molecular weight excluding hydrogens is 336 g/mol. The van der Waals surface area contributed by atoms with Crippen LogP contribution in [0, 0.1) is 0 Å². The van der Waals surface area contributed by atoms with Crippen LogP contribution in [0.2, 0.25) is 0 Å². The Morgan fingerprint density at radius 1 is 1.26 bits per heavy atom. The maximum Gasteiger partial charge on any atom is 0.294 e. The zero-order chi connectivity index (χ0) is 16.4. The largest absolute Gasteiger partial charge is 0.334 e. The lowest BCUT2D eigenvalue weighted by Crippen LogP contribution is -2.34. The molecule has 23 heavy (non-hydrogen) atoms. The fraction of sp³-hybridized carbons (Fsp3) is 0.357. The minimum Gasteiger partial charge on any atom is -0.334 e. The molecule has 122 valence electrons. The van der Waals surface area contributed by atoms with Crippen molar-refractivity contribution in [2.45, 2.75) is 23.2 Å². The van der Waals surface area contributed by atoms with E-state index in [0.717, 1.165) is 10.2 Å². The number of aromatic nitrogens is 3. The van der Waals surface area contributed by atoms with Gasteiger partial charge < -0.3 is 5.84 Å². The van der Waals surface area contributed by atoms with Gasteiger partial charge in [-0.25, -0.2) is 8.42 Å². The van der Waals surface area contributed by atoms with Gasteiger partial charge in [0.2, 0.25) is 5.16 Å². The molecule has 1 aromatic heterocycles. The van der Waals surface area contributed by atoms with Gasteiger partial charge in [0.25, 0.3) is 5.56 Å². The molecule has 1 aliphatic rings. The molecule has 1 fully saturated rings. The molecule has 0 radical (unpaired) electrons. The highest BCUT2D eigenvalue weighted by atomic mass is 32.2. The first-order valence-electron chi connectivity index (χ1n) is 7.09. The summed E-state index contributed by atoms with van der Waals surface area (Å²) in [5.41, 5.74) is 0.801. The Morgan fingerprint density at radius 3 is 2.65 bits per heavy atom. The highest BCUT2D eigenvalue weighted by Gasteiger charge is 2.30. The van der Waals surface area contributed by atoms with Crippen molar-refractivity contribution in [3.63, 3.8) is 0 Å². The van der Waals surface area contributed by atoms with Gasteiger partial charge >= 0.3 is 0 Å². The van der Waals surface area contributed by atoms with Crippen LogP contribution in [0.5, 0.6) is 0 Å². The Balaban J connectivity index is 1.79. The molecule has 1 aliphatic heterocycles. The quantitative estimate of drug-likeness (QED) is 0.784. The molecule has 2 heterocycles. The highest BCUT2D eigenvalue weighted by molar-refractivity contribution is 8.01. The van der Waals surface area contributed by atoms with Crippen molar-refractivity contribution in [2.24, 2.45) is 0 Å². The van der Waals surface area contributed by atoms with Crippen molar-refractivity contribution in [3.8, 4) is 0 Å². The predicted octanol–water partition coefficient (Wildman–Crippen LogP) is 0.222. The van der Waals surface area contributed by atoms with Crippen LogP contribution < -0.4 is 11.4 Å². The molecule has 2 N–H and O–H groups in total. The fourth-order valence-electron chi connectivity index (χ4n) is 2.40. The minimum absolute atomic E-state index is 0.0826. The molecular formula is C14H16N4O3S2. The number of nitrogen functional groups attached to an aromatic ring is 1. The summed E-state index contributed by atoms with van der Waals surface area (Å²) in [6.45, 7) is 0. The standard InChI is InChI=1S/C14H16N4O3S2/c15-18-13(19)12(8-10-4-2-1-3-5-10)16-17-14(18)22-11-6-7-23(20,21)9-11/h1-5,11H,6-9,15H2/t11-/m0/s1. The van der Waals surface area contributed by atoms with Crippen LogP contribution in [0.15, 0.2) is 40.3 Å². The van der Waals surface area contributed by atoms with Crippen LogP contribution in [0.25, 0.3) is 0 Å². The molecule has 0 saturated carbocycles. The second-order valence-corrected chi connectivity index (χ2v) is 8.91.